The number of fused-ring (bicyclic) bond motifs is 1. The second-order valence-corrected chi connectivity index (χ2v) is 7.37. The predicted octanol–water partition coefficient (Wildman–Crippen LogP) is 2.95. The highest BCUT2D eigenvalue weighted by Crippen LogP contribution is 2.29. The molecule has 5 rings (SSSR count). The molecule has 4 aromatic rings. The van der Waals surface area contributed by atoms with Crippen LogP contribution in [0.4, 0.5) is 6.01 Å². The molecule has 1 amide bonds. The van der Waals surface area contributed by atoms with Crippen molar-refractivity contribution >= 4 is 23.0 Å². The topological polar surface area (TPSA) is 89.1 Å². The smallest absolute Gasteiger partial charge is 0.299 e. The van der Waals surface area contributed by atoms with E-state index in [0.717, 1.165) is 36.0 Å². The molecule has 2 aromatic heterocycles. The maximum absolute atomic E-state index is 13.3. The lowest BCUT2D eigenvalue weighted by Gasteiger charge is -2.25. The number of rotatable bonds is 6. The summed E-state index contributed by atoms with van der Waals surface area (Å²) in [6.45, 7) is 1.19. The van der Waals surface area contributed by atoms with Gasteiger partial charge in [0, 0.05) is 6.54 Å². The van der Waals surface area contributed by atoms with E-state index in [9.17, 15) is 4.79 Å². The number of nitrogens with one attached hydrogen (secondary N) is 1. The molecule has 1 aliphatic rings. The second-order valence-electron chi connectivity index (χ2n) is 7.37. The molecular formula is C22H22N6O2. The highest BCUT2D eigenvalue weighted by molar-refractivity contribution is 5.86. The van der Waals surface area contributed by atoms with Crippen LogP contribution < -0.4 is 10.2 Å². The monoisotopic (exact) mass is 402 g/mol. The Morgan fingerprint density at radius 3 is 2.67 bits per heavy atom. The molecule has 1 N–H and O–H groups in total. The molecule has 0 saturated carbocycles. The molecule has 2 aromatic carbocycles. The van der Waals surface area contributed by atoms with Crippen LogP contribution in [-0.4, -0.2) is 38.5 Å². The van der Waals surface area contributed by atoms with E-state index in [2.05, 4.69) is 20.5 Å². The fourth-order valence-corrected chi connectivity index (χ4v) is 3.94. The number of carbonyl (C=O) groups is 1. The number of anilines is 1. The first-order chi connectivity index (χ1) is 14.8. The first kappa shape index (κ1) is 18.4. The van der Waals surface area contributed by atoms with Gasteiger partial charge in [-0.05, 0) is 30.5 Å². The summed E-state index contributed by atoms with van der Waals surface area (Å²) in [5.74, 6) is -0.0456. The van der Waals surface area contributed by atoms with Gasteiger partial charge in [0.25, 0.3) is 6.01 Å². The minimum absolute atomic E-state index is 0.0456. The molecule has 0 unspecified atom stereocenters. The number of oxazole rings is 1. The second kappa shape index (κ2) is 7.98. The summed E-state index contributed by atoms with van der Waals surface area (Å²) >= 11 is 0. The van der Waals surface area contributed by atoms with Crippen molar-refractivity contribution in [2.45, 2.75) is 31.5 Å². The van der Waals surface area contributed by atoms with Crippen LogP contribution in [0.5, 0.6) is 0 Å². The van der Waals surface area contributed by atoms with E-state index in [1.165, 1.54) is 0 Å². The summed E-state index contributed by atoms with van der Waals surface area (Å²) < 4.78 is 5.92. The van der Waals surface area contributed by atoms with Crippen LogP contribution in [0.3, 0.4) is 0 Å². The number of amides is 1. The van der Waals surface area contributed by atoms with E-state index in [1.807, 2.05) is 59.5 Å². The lowest BCUT2D eigenvalue weighted by Crippen LogP contribution is -2.45. The predicted molar refractivity (Wildman–Crippen MR) is 112 cm³/mol. The molecule has 1 fully saturated rings. The highest BCUT2D eigenvalue weighted by atomic mass is 16.4. The molecule has 0 bridgehead atoms. The molecule has 30 heavy (non-hydrogen) atoms. The average molecular weight is 402 g/mol. The van der Waals surface area contributed by atoms with E-state index in [1.54, 1.807) is 17.2 Å². The third-order valence-corrected chi connectivity index (χ3v) is 5.41. The quantitative estimate of drug-likeness (QED) is 0.533. The Kier molecular flexibility index (Phi) is 4.88. The van der Waals surface area contributed by atoms with Gasteiger partial charge in [-0.2, -0.15) is 20.0 Å². The van der Waals surface area contributed by atoms with Gasteiger partial charge in [0.15, 0.2) is 5.58 Å². The summed E-state index contributed by atoms with van der Waals surface area (Å²) in [7, 11) is 0. The Bertz CT molecular complexity index is 1090. The van der Waals surface area contributed by atoms with E-state index in [4.69, 9.17) is 4.42 Å². The molecule has 152 valence electrons. The molecule has 3 heterocycles. The van der Waals surface area contributed by atoms with Crippen molar-refractivity contribution in [1.29, 1.82) is 0 Å². The Hall–Kier alpha value is -3.68. The Morgan fingerprint density at radius 1 is 1.10 bits per heavy atom. The van der Waals surface area contributed by atoms with E-state index in [0.29, 0.717) is 12.6 Å². The maximum Gasteiger partial charge on any atom is 0.299 e. The SMILES string of the molecule is O=C(N[C@H](Cn1nccn1)c1ccccc1)[C@@H]1CCCN1c1nc2ccccc2o1. The zero-order valence-corrected chi connectivity index (χ0v) is 16.4. The first-order valence-corrected chi connectivity index (χ1v) is 10.1. The highest BCUT2D eigenvalue weighted by Gasteiger charge is 2.35. The molecule has 1 aliphatic heterocycles. The number of hydrogen-bond acceptors (Lipinski definition) is 6. The average Bonchev–Trinajstić information content (AvgIpc) is 3.53. The Labute approximate surface area is 173 Å². The number of hydrogen-bond donors (Lipinski definition) is 1. The summed E-state index contributed by atoms with van der Waals surface area (Å²) in [4.78, 5) is 21.4. The van der Waals surface area contributed by atoms with Gasteiger partial charge < -0.3 is 14.6 Å². The fourth-order valence-electron chi connectivity index (χ4n) is 3.94. The van der Waals surface area contributed by atoms with Gasteiger partial charge >= 0.3 is 0 Å². The lowest BCUT2D eigenvalue weighted by atomic mass is 10.1. The molecule has 8 nitrogen and oxygen atoms in total. The van der Waals surface area contributed by atoms with Crippen molar-refractivity contribution in [3.63, 3.8) is 0 Å². The van der Waals surface area contributed by atoms with Crippen molar-refractivity contribution < 1.29 is 9.21 Å². The molecule has 2 atom stereocenters. The van der Waals surface area contributed by atoms with Gasteiger partial charge in [-0.25, -0.2) is 0 Å². The van der Waals surface area contributed by atoms with Gasteiger partial charge in [0.1, 0.15) is 11.6 Å². The van der Waals surface area contributed by atoms with Crippen molar-refractivity contribution in [3.05, 3.63) is 72.6 Å². The Morgan fingerprint density at radius 2 is 1.87 bits per heavy atom. The van der Waals surface area contributed by atoms with Gasteiger partial charge in [0.2, 0.25) is 5.91 Å². The van der Waals surface area contributed by atoms with Crippen LogP contribution in [0.1, 0.15) is 24.4 Å². The van der Waals surface area contributed by atoms with Crippen LogP contribution >= 0.6 is 0 Å². The first-order valence-electron chi connectivity index (χ1n) is 10.1. The summed E-state index contributed by atoms with van der Waals surface area (Å²) in [6, 6.07) is 17.5. The summed E-state index contributed by atoms with van der Waals surface area (Å²) in [5.41, 5.74) is 2.53. The minimum Gasteiger partial charge on any atom is -0.423 e. The maximum atomic E-state index is 13.3. The van der Waals surface area contributed by atoms with Crippen LogP contribution in [0.2, 0.25) is 0 Å². The number of aromatic nitrogens is 4. The largest absolute Gasteiger partial charge is 0.423 e. The van der Waals surface area contributed by atoms with Gasteiger partial charge in [-0.15, -0.1) is 0 Å². The molecule has 8 heteroatoms. The molecule has 0 spiro atoms. The van der Waals surface area contributed by atoms with Gasteiger partial charge in [0.05, 0.1) is 25.0 Å². The third kappa shape index (κ3) is 3.63. The van der Waals surface area contributed by atoms with Gasteiger partial charge in [-0.1, -0.05) is 42.5 Å². The zero-order valence-electron chi connectivity index (χ0n) is 16.4. The van der Waals surface area contributed by atoms with Crippen molar-refractivity contribution in [1.82, 2.24) is 25.3 Å². The van der Waals surface area contributed by atoms with Crippen LogP contribution in [0, 0.1) is 0 Å². The molecule has 0 radical (unpaired) electrons. The van der Waals surface area contributed by atoms with Crippen molar-refractivity contribution in [2.75, 3.05) is 11.4 Å². The van der Waals surface area contributed by atoms with E-state index >= 15 is 0 Å². The number of benzene rings is 2. The van der Waals surface area contributed by atoms with Crippen LogP contribution in [0.15, 0.2) is 71.4 Å². The van der Waals surface area contributed by atoms with E-state index in [-0.39, 0.29) is 18.0 Å². The molecule has 1 saturated heterocycles. The minimum atomic E-state index is -0.324. The zero-order chi connectivity index (χ0) is 20.3. The number of carbonyl (C=O) groups excluding carboxylic acids is 1. The van der Waals surface area contributed by atoms with Crippen molar-refractivity contribution in [2.24, 2.45) is 0 Å². The molecule has 0 aliphatic carbocycles. The van der Waals surface area contributed by atoms with E-state index < -0.39 is 0 Å². The summed E-state index contributed by atoms with van der Waals surface area (Å²) in [6.07, 6.45) is 4.94. The number of para-hydroxylation sites is 2. The molecular weight excluding hydrogens is 380 g/mol. The van der Waals surface area contributed by atoms with Crippen LogP contribution in [0.25, 0.3) is 11.1 Å². The standard InChI is InChI=1S/C22H22N6O2/c29-21(25-18(15-28-23-12-13-24-28)16-7-2-1-3-8-16)19-10-6-14-27(19)22-26-17-9-4-5-11-20(17)30-22/h1-5,7-9,11-13,18-19H,6,10,14-15H2,(H,25,29)/t18-,19+/m1/s1. The lowest BCUT2D eigenvalue weighted by molar-refractivity contribution is -0.123. The summed E-state index contributed by atoms with van der Waals surface area (Å²) in [5, 5.41) is 11.6. The normalized spacial score (nSPS) is 17.3. The number of nitrogens with zero attached hydrogens (tertiary/aromatic N) is 5. The van der Waals surface area contributed by atoms with Gasteiger partial charge in [-0.3, -0.25) is 4.79 Å². The van der Waals surface area contributed by atoms with Crippen LogP contribution in [-0.2, 0) is 11.3 Å². The third-order valence-electron chi connectivity index (χ3n) is 5.41. The fraction of sp³-hybridized carbons (Fsp3) is 0.273. The van der Waals surface area contributed by atoms with Crippen molar-refractivity contribution in [3.8, 4) is 0 Å². The Balaban J connectivity index is 1.37.